The minimum atomic E-state index is 0.644. The topological polar surface area (TPSA) is 0 Å². The van der Waals surface area contributed by atoms with Crippen LogP contribution in [0.2, 0.25) is 0 Å². The zero-order valence-electron chi connectivity index (χ0n) is 4.65. The highest BCUT2D eigenvalue weighted by Gasteiger charge is 2.32. The molecule has 0 radical (unpaired) electrons. The molecule has 1 aliphatic rings. The largest absolute Gasteiger partial charge is 0.120 e. The Balaban J connectivity index is 2.21. The van der Waals surface area contributed by atoms with Crippen LogP contribution in [0.15, 0.2) is 0 Å². The van der Waals surface area contributed by atoms with Crippen LogP contribution in [-0.2, 0) is 0 Å². The van der Waals surface area contributed by atoms with Gasteiger partial charge in [-0.15, -0.1) is 12.3 Å². The van der Waals surface area contributed by atoms with Crippen LogP contribution >= 0.6 is 0 Å². The molecule has 0 aromatic heterocycles. The van der Waals surface area contributed by atoms with E-state index in [0.29, 0.717) is 5.92 Å². The molecule has 0 spiro atoms. The second-order valence-corrected chi connectivity index (χ2v) is 2.18. The van der Waals surface area contributed by atoms with Crippen molar-refractivity contribution in [1.82, 2.24) is 0 Å². The molecular formula is C7H10. The lowest BCUT2D eigenvalue weighted by molar-refractivity contribution is 0.764. The number of hydrogen-bond donors (Lipinski definition) is 0. The summed E-state index contributed by atoms with van der Waals surface area (Å²) in [5.74, 6) is 4.26. The molecule has 2 unspecified atom stereocenters. The van der Waals surface area contributed by atoms with E-state index in [1.807, 2.05) is 0 Å². The summed E-state index contributed by atoms with van der Waals surface area (Å²) in [4.78, 5) is 0. The Hall–Kier alpha value is -0.440. The first-order chi connectivity index (χ1) is 3.38. The van der Waals surface area contributed by atoms with Crippen molar-refractivity contribution in [2.24, 2.45) is 11.8 Å². The van der Waals surface area contributed by atoms with Gasteiger partial charge in [0.1, 0.15) is 0 Å². The van der Waals surface area contributed by atoms with E-state index in [9.17, 15) is 0 Å². The third-order valence-electron chi connectivity index (χ3n) is 1.66. The van der Waals surface area contributed by atoms with Gasteiger partial charge in [-0.3, -0.25) is 0 Å². The Morgan fingerprint density at radius 2 is 2.57 bits per heavy atom. The van der Waals surface area contributed by atoms with E-state index >= 15 is 0 Å². The zero-order valence-corrected chi connectivity index (χ0v) is 4.65. The molecule has 1 rings (SSSR count). The summed E-state index contributed by atoms with van der Waals surface area (Å²) in [6.07, 6.45) is 7.71. The molecule has 1 fully saturated rings. The summed E-state index contributed by atoms with van der Waals surface area (Å²) in [6, 6.07) is 0. The van der Waals surface area contributed by atoms with Crippen molar-refractivity contribution in [1.29, 1.82) is 0 Å². The van der Waals surface area contributed by atoms with Crippen LogP contribution in [0.1, 0.15) is 19.8 Å². The Kier molecular flexibility index (Phi) is 1.06. The van der Waals surface area contributed by atoms with Crippen LogP contribution < -0.4 is 0 Å². The van der Waals surface area contributed by atoms with Crippen molar-refractivity contribution in [3.8, 4) is 12.3 Å². The molecule has 38 valence electrons. The van der Waals surface area contributed by atoms with Crippen molar-refractivity contribution >= 4 is 0 Å². The summed E-state index contributed by atoms with van der Waals surface area (Å²) in [5.41, 5.74) is 0. The van der Waals surface area contributed by atoms with Gasteiger partial charge in [0.15, 0.2) is 0 Å². The average Bonchev–Trinajstić information content (AvgIpc) is 2.43. The lowest BCUT2D eigenvalue weighted by Crippen LogP contribution is -1.71. The second-order valence-electron chi connectivity index (χ2n) is 2.18. The van der Waals surface area contributed by atoms with Gasteiger partial charge in [0.05, 0.1) is 0 Å². The summed E-state index contributed by atoms with van der Waals surface area (Å²) in [7, 11) is 0. The van der Waals surface area contributed by atoms with Crippen LogP contribution in [0.4, 0.5) is 0 Å². The smallest absolute Gasteiger partial charge is 0.0231 e. The van der Waals surface area contributed by atoms with Gasteiger partial charge < -0.3 is 0 Å². The Bertz CT molecular complexity index is 97.1. The van der Waals surface area contributed by atoms with Crippen molar-refractivity contribution < 1.29 is 0 Å². The lowest BCUT2D eigenvalue weighted by atomic mass is 10.3. The SMILES string of the molecule is C#CC1CC1CC. The molecule has 0 saturated heterocycles. The quantitative estimate of drug-likeness (QED) is 0.433. The van der Waals surface area contributed by atoms with Crippen LogP contribution in [0, 0.1) is 24.2 Å². The predicted molar refractivity (Wildman–Crippen MR) is 30.7 cm³/mol. The van der Waals surface area contributed by atoms with Crippen LogP contribution in [0.25, 0.3) is 0 Å². The molecule has 2 atom stereocenters. The van der Waals surface area contributed by atoms with E-state index in [4.69, 9.17) is 6.42 Å². The maximum Gasteiger partial charge on any atom is 0.0231 e. The first-order valence-corrected chi connectivity index (χ1v) is 2.84. The van der Waals surface area contributed by atoms with E-state index in [0.717, 1.165) is 5.92 Å². The fourth-order valence-corrected chi connectivity index (χ4v) is 0.903. The minimum Gasteiger partial charge on any atom is -0.120 e. The average molecular weight is 94.2 g/mol. The van der Waals surface area contributed by atoms with E-state index in [1.165, 1.54) is 12.8 Å². The molecule has 0 bridgehead atoms. The molecule has 7 heavy (non-hydrogen) atoms. The standard InChI is InChI=1S/C7H10/c1-3-6-5-7(6)4-2/h1,6-7H,4-5H2,2H3. The highest BCUT2D eigenvalue weighted by molar-refractivity contribution is 5.06. The number of rotatable bonds is 1. The van der Waals surface area contributed by atoms with Gasteiger partial charge in [-0.25, -0.2) is 0 Å². The maximum absolute atomic E-state index is 5.15. The Labute approximate surface area is 44.9 Å². The summed E-state index contributed by atoms with van der Waals surface area (Å²) in [5, 5.41) is 0. The van der Waals surface area contributed by atoms with E-state index < -0.39 is 0 Å². The molecule has 0 aromatic carbocycles. The normalized spacial score (nSPS) is 37.1. The highest BCUT2D eigenvalue weighted by Crippen LogP contribution is 2.39. The van der Waals surface area contributed by atoms with Gasteiger partial charge in [0, 0.05) is 5.92 Å². The van der Waals surface area contributed by atoms with Gasteiger partial charge in [-0.1, -0.05) is 13.3 Å². The molecule has 0 heteroatoms. The fourth-order valence-electron chi connectivity index (χ4n) is 0.903. The van der Waals surface area contributed by atoms with Gasteiger partial charge in [-0.2, -0.15) is 0 Å². The van der Waals surface area contributed by atoms with Gasteiger partial charge in [0.25, 0.3) is 0 Å². The van der Waals surface area contributed by atoms with Crippen molar-refractivity contribution in [3.05, 3.63) is 0 Å². The highest BCUT2D eigenvalue weighted by atomic mass is 14.4. The molecule has 0 nitrogen and oxygen atoms in total. The summed E-state index contributed by atoms with van der Waals surface area (Å²) < 4.78 is 0. The monoisotopic (exact) mass is 94.1 g/mol. The summed E-state index contributed by atoms with van der Waals surface area (Å²) >= 11 is 0. The number of hydrogen-bond acceptors (Lipinski definition) is 0. The minimum absolute atomic E-state index is 0.644. The van der Waals surface area contributed by atoms with Gasteiger partial charge in [-0.05, 0) is 12.3 Å². The molecule has 1 saturated carbocycles. The molecule has 0 aromatic rings. The van der Waals surface area contributed by atoms with Gasteiger partial charge >= 0.3 is 0 Å². The van der Waals surface area contributed by atoms with E-state index in [2.05, 4.69) is 12.8 Å². The Morgan fingerprint density at radius 3 is 2.71 bits per heavy atom. The Morgan fingerprint density at radius 1 is 1.86 bits per heavy atom. The van der Waals surface area contributed by atoms with Crippen molar-refractivity contribution in [2.45, 2.75) is 19.8 Å². The van der Waals surface area contributed by atoms with Crippen molar-refractivity contribution in [2.75, 3.05) is 0 Å². The first kappa shape index (κ1) is 4.71. The van der Waals surface area contributed by atoms with Crippen LogP contribution in [-0.4, -0.2) is 0 Å². The second kappa shape index (κ2) is 1.58. The van der Waals surface area contributed by atoms with Crippen LogP contribution in [0.3, 0.4) is 0 Å². The molecule has 0 amide bonds. The molecular weight excluding hydrogens is 84.1 g/mol. The third-order valence-corrected chi connectivity index (χ3v) is 1.66. The molecule has 0 heterocycles. The summed E-state index contributed by atoms with van der Waals surface area (Å²) in [6.45, 7) is 2.20. The maximum atomic E-state index is 5.15. The van der Waals surface area contributed by atoms with Crippen LogP contribution in [0.5, 0.6) is 0 Å². The van der Waals surface area contributed by atoms with Gasteiger partial charge in [0.2, 0.25) is 0 Å². The molecule has 0 N–H and O–H groups in total. The zero-order chi connectivity index (χ0) is 5.28. The van der Waals surface area contributed by atoms with E-state index in [1.54, 1.807) is 0 Å². The predicted octanol–water partition coefficient (Wildman–Crippen LogP) is 1.67. The number of terminal acetylenes is 1. The molecule has 1 aliphatic carbocycles. The fraction of sp³-hybridized carbons (Fsp3) is 0.714. The van der Waals surface area contributed by atoms with E-state index in [-0.39, 0.29) is 0 Å². The lowest BCUT2D eigenvalue weighted by Gasteiger charge is -1.79. The third kappa shape index (κ3) is 0.771. The molecule has 0 aliphatic heterocycles. The van der Waals surface area contributed by atoms with Crippen molar-refractivity contribution in [3.63, 3.8) is 0 Å². The first-order valence-electron chi connectivity index (χ1n) is 2.84.